The van der Waals surface area contributed by atoms with Gasteiger partial charge in [-0.25, -0.2) is 0 Å². The van der Waals surface area contributed by atoms with Crippen molar-refractivity contribution >= 4 is 45.1 Å². The molecule has 0 spiro atoms. The van der Waals surface area contributed by atoms with Crippen LogP contribution >= 0.6 is 28.1 Å². The topological polar surface area (TPSA) is 97.9 Å². The van der Waals surface area contributed by atoms with E-state index in [4.69, 9.17) is 26.4 Å². The molecule has 35 heavy (non-hydrogen) atoms. The molecule has 0 saturated carbocycles. The molecule has 0 saturated heterocycles. The van der Waals surface area contributed by atoms with Gasteiger partial charge in [0.2, 0.25) is 0 Å². The molecule has 0 aliphatic heterocycles. The van der Waals surface area contributed by atoms with Crippen molar-refractivity contribution in [3.05, 3.63) is 88.4 Å². The van der Waals surface area contributed by atoms with Crippen LogP contribution in [0, 0.1) is 0 Å². The number of thiocarbonyl (C=S) groups is 1. The predicted molar refractivity (Wildman–Crippen MR) is 140 cm³/mol. The number of ether oxygens (including phenoxy) is 3. The van der Waals surface area contributed by atoms with Gasteiger partial charge < -0.3 is 14.2 Å². The number of hydrogen-bond donors (Lipinski definition) is 3. The summed E-state index contributed by atoms with van der Waals surface area (Å²) in [6.07, 6.45) is 0.770. The average molecular weight is 558 g/mol. The monoisotopic (exact) mass is 557 g/mol. The van der Waals surface area contributed by atoms with Gasteiger partial charge in [-0.3, -0.25) is 25.8 Å². The number of amides is 2. The first-order valence-electron chi connectivity index (χ1n) is 10.6. The summed E-state index contributed by atoms with van der Waals surface area (Å²) >= 11 is 8.50. The Hall–Kier alpha value is -3.63. The van der Waals surface area contributed by atoms with E-state index in [1.165, 1.54) is 5.56 Å². The smallest absolute Gasteiger partial charge is 0.276 e. The Kier molecular flexibility index (Phi) is 9.88. The Labute approximate surface area is 217 Å². The zero-order valence-electron chi connectivity index (χ0n) is 18.9. The van der Waals surface area contributed by atoms with Crippen molar-refractivity contribution in [2.24, 2.45) is 0 Å². The lowest BCUT2D eigenvalue weighted by Crippen LogP contribution is -2.49. The molecule has 0 bridgehead atoms. The molecule has 0 aliphatic rings. The number of carbonyl (C=O) groups is 2. The van der Waals surface area contributed by atoms with Crippen molar-refractivity contribution in [1.82, 2.24) is 16.2 Å². The number of methoxy groups -OCH3 is 1. The second kappa shape index (κ2) is 13.3. The average Bonchev–Trinajstić information content (AvgIpc) is 2.88. The standard InChI is InChI=1S/C25H24BrN3O5S/c1-32-19-8-10-20(11-9-19)34-16-23(30)28-29-25(35)27-24(31)18-7-12-22(21(26)15-18)33-14-13-17-5-3-2-4-6-17/h2-12,15H,13-14,16H2,1H3,(H,28,30)(H2,27,29,31,35). The molecule has 3 aromatic rings. The van der Waals surface area contributed by atoms with E-state index in [1.54, 1.807) is 49.6 Å². The molecular formula is C25H24BrN3O5S. The summed E-state index contributed by atoms with van der Waals surface area (Å²) in [4.78, 5) is 24.4. The molecule has 3 N–H and O–H groups in total. The molecule has 0 unspecified atom stereocenters. The van der Waals surface area contributed by atoms with E-state index in [-0.39, 0.29) is 11.7 Å². The van der Waals surface area contributed by atoms with E-state index in [9.17, 15) is 9.59 Å². The van der Waals surface area contributed by atoms with Gasteiger partial charge in [0.1, 0.15) is 17.2 Å². The predicted octanol–water partition coefficient (Wildman–Crippen LogP) is 3.79. The summed E-state index contributed by atoms with van der Waals surface area (Å²) in [6, 6.07) is 21.8. The Bertz CT molecular complexity index is 1160. The number of nitrogens with one attached hydrogen (secondary N) is 3. The van der Waals surface area contributed by atoms with Crippen LogP contribution in [0.5, 0.6) is 17.2 Å². The van der Waals surface area contributed by atoms with Gasteiger partial charge >= 0.3 is 0 Å². The number of halogens is 1. The minimum Gasteiger partial charge on any atom is -0.497 e. The van der Waals surface area contributed by atoms with Crippen molar-refractivity contribution in [2.45, 2.75) is 6.42 Å². The third kappa shape index (κ3) is 8.58. The molecule has 8 nitrogen and oxygen atoms in total. The van der Waals surface area contributed by atoms with Crippen LogP contribution in [0.4, 0.5) is 0 Å². The Balaban J connectivity index is 1.39. The zero-order chi connectivity index (χ0) is 25.0. The summed E-state index contributed by atoms with van der Waals surface area (Å²) in [5.41, 5.74) is 6.38. The minimum absolute atomic E-state index is 0.0629. The number of carbonyl (C=O) groups excluding carboxylic acids is 2. The highest BCUT2D eigenvalue weighted by atomic mass is 79.9. The molecule has 0 aromatic heterocycles. The van der Waals surface area contributed by atoms with Crippen LogP contribution in [0.2, 0.25) is 0 Å². The van der Waals surface area contributed by atoms with Crippen LogP contribution in [0.15, 0.2) is 77.3 Å². The lowest BCUT2D eigenvalue weighted by molar-refractivity contribution is -0.123. The Morgan fingerprint density at radius 3 is 2.31 bits per heavy atom. The van der Waals surface area contributed by atoms with E-state index in [2.05, 4.69) is 32.1 Å². The maximum atomic E-state index is 12.5. The Morgan fingerprint density at radius 1 is 0.914 bits per heavy atom. The molecule has 0 radical (unpaired) electrons. The highest BCUT2D eigenvalue weighted by Crippen LogP contribution is 2.26. The summed E-state index contributed by atoms with van der Waals surface area (Å²) in [7, 11) is 1.56. The number of hydrazine groups is 1. The molecule has 0 atom stereocenters. The lowest BCUT2D eigenvalue weighted by atomic mass is 10.2. The van der Waals surface area contributed by atoms with Gasteiger partial charge in [0.15, 0.2) is 11.7 Å². The SMILES string of the molecule is COc1ccc(OCC(=O)NNC(=S)NC(=O)c2ccc(OCCc3ccccc3)c(Br)c2)cc1. The largest absolute Gasteiger partial charge is 0.497 e. The van der Waals surface area contributed by atoms with Crippen LogP contribution in [0.1, 0.15) is 15.9 Å². The molecule has 3 rings (SSSR count). The number of hydrogen-bond acceptors (Lipinski definition) is 6. The quantitative estimate of drug-likeness (QED) is 0.272. The molecular weight excluding hydrogens is 534 g/mol. The van der Waals surface area contributed by atoms with Gasteiger partial charge in [-0.15, -0.1) is 0 Å². The van der Waals surface area contributed by atoms with E-state index in [0.29, 0.717) is 33.9 Å². The fourth-order valence-electron chi connectivity index (χ4n) is 2.87. The first kappa shape index (κ1) is 26.0. The summed E-state index contributed by atoms with van der Waals surface area (Å²) in [5, 5.41) is 2.44. The van der Waals surface area contributed by atoms with Crippen molar-refractivity contribution in [3.63, 3.8) is 0 Å². The van der Waals surface area contributed by atoms with Crippen molar-refractivity contribution in [1.29, 1.82) is 0 Å². The van der Waals surface area contributed by atoms with E-state index >= 15 is 0 Å². The van der Waals surface area contributed by atoms with Crippen LogP contribution in [-0.2, 0) is 11.2 Å². The third-order valence-electron chi connectivity index (χ3n) is 4.66. The van der Waals surface area contributed by atoms with Crippen LogP contribution in [0.25, 0.3) is 0 Å². The van der Waals surface area contributed by atoms with Gasteiger partial charge in [-0.2, -0.15) is 0 Å². The normalized spacial score (nSPS) is 10.1. The van der Waals surface area contributed by atoms with E-state index < -0.39 is 11.8 Å². The second-order valence-corrected chi connectivity index (χ2v) is 8.41. The fourth-order valence-corrected chi connectivity index (χ4v) is 3.51. The first-order chi connectivity index (χ1) is 16.9. The van der Waals surface area contributed by atoms with Crippen molar-refractivity contribution < 1.29 is 23.8 Å². The maximum absolute atomic E-state index is 12.5. The van der Waals surface area contributed by atoms with Crippen molar-refractivity contribution in [3.8, 4) is 17.2 Å². The van der Waals surface area contributed by atoms with Gasteiger partial charge in [0, 0.05) is 12.0 Å². The molecule has 10 heteroatoms. The number of benzene rings is 3. The summed E-state index contributed by atoms with van der Waals surface area (Å²) in [6.45, 7) is 0.263. The van der Waals surface area contributed by atoms with Gasteiger partial charge in [0.05, 0.1) is 18.2 Å². The van der Waals surface area contributed by atoms with Crippen molar-refractivity contribution in [2.75, 3.05) is 20.3 Å². The van der Waals surface area contributed by atoms with Gasteiger partial charge in [-0.05, 0) is 76.2 Å². The summed E-state index contributed by atoms with van der Waals surface area (Å²) in [5.74, 6) is 0.902. The van der Waals surface area contributed by atoms with E-state index in [0.717, 1.165) is 6.42 Å². The fraction of sp³-hybridized carbons (Fsp3) is 0.160. The molecule has 3 aromatic carbocycles. The molecule has 2 amide bonds. The molecule has 0 aliphatic carbocycles. The highest BCUT2D eigenvalue weighted by molar-refractivity contribution is 9.10. The van der Waals surface area contributed by atoms with Crippen LogP contribution in [0.3, 0.4) is 0 Å². The number of rotatable bonds is 9. The molecule has 0 heterocycles. The minimum atomic E-state index is -0.475. The first-order valence-corrected chi connectivity index (χ1v) is 11.8. The van der Waals surface area contributed by atoms with E-state index in [1.807, 2.05) is 30.3 Å². The van der Waals surface area contributed by atoms with Crippen LogP contribution < -0.4 is 30.4 Å². The summed E-state index contributed by atoms with van der Waals surface area (Å²) < 4.78 is 16.9. The highest BCUT2D eigenvalue weighted by Gasteiger charge is 2.12. The van der Waals surface area contributed by atoms with Gasteiger partial charge in [0.25, 0.3) is 11.8 Å². The second-order valence-electron chi connectivity index (χ2n) is 7.15. The lowest BCUT2D eigenvalue weighted by Gasteiger charge is -2.12. The van der Waals surface area contributed by atoms with Gasteiger partial charge in [-0.1, -0.05) is 30.3 Å². The van der Waals surface area contributed by atoms with Crippen LogP contribution in [-0.4, -0.2) is 37.3 Å². The zero-order valence-corrected chi connectivity index (χ0v) is 21.3. The Morgan fingerprint density at radius 2 is 1.63 bits per heavy atom. The maximum Gasteiger partial charge on any atom is 0.276 e. The third-order valence-corrected chi connectivity index (χ3v) is 5.48. The molecule has 182 valence electrons. The molecule has 0 fully saturated rings.